The third-order valence-electron chi connectivity index (χ3n) is 4.58. The first-order chi connectivity index (χ1) is 8.99. The van der Waals surface area contributed by atoms with E-state index in [2.05, 4.69) is 37.5 Å². The van der Waals surface area contributed by atoms with Crippen molar-refractivity contribution in [2.75, 3.05) is 20.1 Å². The highest BCUT2D eigenvalue weighted by atomic mass is 32.1. The van der Waals surface area contributed by atoms with Gasteiger partial charge in [-0.3, -0.25) is 4.79 Å². The normalized spacial score (nSPS) is 24.7. The second-order valence-corrected chi connectivity index (χ2v) is 6.82. The maximum absolute atomic E-state index is 12.9. The van der Waals surface area contributed by atoms with E-state index in [0.29, 0.717) is 5.92 Å². The van der Waals surface area contributed by atoms with Gasteiger partial charge in [0.1, 0.15) is 0 Å². The van der Waals surface area contributed by atoms with E-state index in [1.807, 2.05) is 18.0 Å². The van der Waals surface area contributed by atoms with Crippen LogP contribution in [-0.2, 0) is 4.79 Å². The van der Waals surface area contributed by atoms with Gasteiger partial charge in [0.25, 0.3) is 0 Å². The van der Waals surface area contributed by atoms with Crippen LogP contribution in [0.25, 0.3) is 0 Å². The molecule has 4 heteroatoms. The van der Waals surface area contributed by atoms with Crippen molar-refractivity contribution in [1.82, 2.24) is 10.2 Å². The SMILES string of the molecule is CC(c1cccs1)N(C)C(=O)C1(C(C)C)CCNC1. The van der Waals surface area contributed by atoms with Gasteiger partial charge >= 0.3 is 0 Å². The standard InChI is InChI=1S/C15H24N2OS/c1-11(2)15(7-8-16-10-15)14(18)17(4)12(3)13-6-5-9-19-13/h5-6,9,11-12,16H,7-8,10H2,1-4H3. The number of nitrogens with zero attached hydrogens (tertiary/aromatic N) is 1. The maximum atomic E-state index is 12.9. The molecule has 19 heavy (non-hydrogen) atoms. The van der Waals surface area contributed by atoms with Crippen LogP contribution in [0, 0.1) is 11.3 Å². The van der Waals surface area contributed by atoms with Crippen LogP contribution in [0.1, 0.15) is 38.1 Å². The third kappa shape index (κ3) is 2.56. The lowest BCUT2D eigenvalue weighted by molar-refractivity contribution is -0.144. The van der Waals surface area contributed by atoms with E-state index >= 15 is 0 Å². The van der Waals surface area contributed by atoms with E-state index in [-0.39, 0.29) is 17.4 Å². The monoisotopic (exact) mass is 280 g/mol. The molecule has 2 unspecified atom stereocenters. The fraction of sp³-hybridized carbons (Fsp3) is 0.667. The number of hydrogen-bond donors (Lipinski definition) is 1. The van der Waals surface area contributed by atoms with E-state index in [0.717, 1.165) is 19.5 Å². The van der Waals surface area contributed by atoms with E-state index < -0.39 is 0 Å². The summed E-state index contributed by atoms with van der Waals surface area (Å²) < 4.78 is 0. The van der Waals surface area contributed by atoms with Gasteiger partial charge in [-0.2, -0.15) is 0 Å². The van der Waals surface area contributed by atoms with Crippen molar-refractivity contribution < 1.29 is 4.79 Å². The average Bonchev–Trinajstić information content (AvgIpc) is 3.06. The predicted molar refractivity (Wildman–Crippen MR) is 80.3 cm³/mol. The van der Waals surface area contributed by atoms with Crippen LogP contribution in [0.15, 0.2) is 17.5 Å². The van der Waals surface area contributed by atoms with Gasteiger partial charge in [0.05, 0.1) is 11.5 Å². The highest BCUT2D eigenvalue weighted by Gasteiger charge is 2.46. The summed E-state index contributed by atoms with van der Waals surface area (Å²) in [5.74, 6) is 0.654. The maximum Gasteiger partial charge on any atom is 0.230 e. The van der Waals surface area contributed by atoms with E-state index in [4.69, 9.17) is 0 Å². The lowest BCUT2D eigenvalue weighted by atomic mass is 9.75. The van der Waals surface area contributed by atoms with E-state index in [9.17, 15) is 4.79 Å². The average molecular weight is 280 g/mol. The van der Waals surface area contributed by atoms with Gasteiger partial charge in [0.2, 0.25) is 5.91 Å². The van der Waals surface area contributed by atoms with Gasteiger partial charge in [0, 0.05) is 18.5 Å². The molecule has 1 saturated heterocycles. The van der Waals surface area contributed by atoms with E-state index in [1.165, 1.54) is 4.88 Å². The summed E-state index contributed by atoms with van der Waals surface area (Å²) in [4.78, 5) is 16.1. The van der Waals surface area contributed by atoms with E-state index in [1.54, 1.807) is 11.3 Å². The molecule has 0 radical (unpaired) electrons. The third-order valence-corrected chi connectivity index (χ3v) is 5.62. The first kappa shape index (κ1) is 14.5. The summed E-state index contributed by atoms with van der Waals surface area (Å²) in [5.41, 5.74) is -0.222. The second kappa shape index (κ2) is 5.63. The zero-order chi connectivity index (χ0) is 14.0. The zero-order valence-corrected chi connectivity index (χ0v) is 13.1. The lowest BCUT2D eigenvalue weighted by Crippen LogP contribution is -2.47. The minimum atomic E-state index is -0.222. The number of nitrogens with one attached hydrogen (secondary N) is 1. The van der Waals surface area contributed by atoms with Gasteiger partial charge in [-0.15, -0.1) is 11.3 Å². The molecule has 1 N–H and O–H groups in total. The summed E-state index contributed by atoms with van der Waals surface area (Å²) >= 11 is 1.72. The Labute approximate surface area is 120 Å². The molecule has 0 spiro atoms. The summed E-state index contributed by atoms with van der Waals surface area (Å²) in [6, 6.07) is 4.31. The van der Waals surface area contributed by atoms with Crippen LogP contribution in [0.3, 0.4) is 0 Å². The number of carbonyl (C=O) groups is 1. The quantitative estimate of drug-likeness (QED) is 0.920. The van der Waals surface area contributed by atoms with Crippen molar-refractivity contribution >= 4 is 17.2 Å². The molecule has 0 aromatic carbocycles. The fourth-order valence-electron chi connectivity index (χ4n) is 2.88. The van der Waals surface area contributed by atoms with Crippen molar-refractivity contribution in [2.24, 2.45) is 11.3 Å². The minimum Gasteiger partial charge on any atom is -0.338 e. The number of carbonyl (C=O) groups excluding carboxylic acids is 1. The van der Waals surface area contributed by atoms with Crippen LogP contribution in [0.2, 0.25) is 0 Å². The largest absolute Gasteiger partial charge is 0.338 e. The molecule has 0 bridgehead atoms. The van der Waals surface area contributed by atoms with Crippen LogP contribution in [0.5, 0.6) is 0 Å². The van der Waals surface area contributed by atoms with Crippen molar-refractivity contribution in [3.05, 3.63) is 22.4 Å². The Morgan fingerprint density at radius 1 is 1.47 bits per heavy atom. The number of thiophene rings is 1. The molecule has 2 rings (SSSR count). The Bertz CT molecular complexity index is 421. The number of hydrogen-bond acceptors (Lipinski definition) is 3. The molecule has 3 nitrogen and oxygen atoms in total. The summed E-state index contributed by atoms with van der Waals surface area (Å²) in [6.07, 6.45) is 0.949. The van der Waals surface area contributed by atoms with Crippen LogP contribution in [0.4, 0.5) is 0 Å². The van der Waals surface area contributed by atoms with Gasteiger partial charge < -0.3 is 10.2 Å². The minimum absolute atomic E-state index is 0.156. The summed E-state index contributed by atoms with van der Waals surface area (Å²) in [6.45, 7) is 8.19. The summed E-state index contributed by atoms with van der Waals surface area (Å²) in [7, 11) is 1.94. The first-order valence-corrected chi connectivity index (χ1v) is 7.88. The van der Waals surface area contributed by atoms with Gasteiger partial charge in [-0.1, -0.05) is 19.9 Å². The van der Waals surface area contributed by atoms with Gasteiger partial charge in [0.15, 0.2) is 0 Å². The number of rotatable bonds is 4. The molecule has 1 aromatic heterocycles. The predicted octanol–water partition coefficient (Wildman–Crippen LogP) is 2.90. The highest BCUT2D eigenvalue weighted by Crippen LogP contribution is 2.38. The molecule has 1 aromatic rings. The molecule has 2 atom stereocenters. The van der Waals surface area contributed by atoms with Crippen molar-refractivity contribution in [3.8, 4) is 0 Å². The van der Waals surface area contributed by atoms with Crippen molar-refractivity contribution in [1.29, 1.82) is 0 Å². The molecule has 0 saturated carbocycles. The summed E-state index contributed by atoms with van der Waals surface area (Å²) in [5, 5.41) is 5.43. The molecule has 1 aliphatic heterocycles. The highest BCUT2D eigenvalue weighted by molar-refractivity contribution is 7.10. The van der Waals surface area contributed by atoms with Crippen LogP contribution < -0.4 is 5.32 Å². The molecule has 1 fully saturated rings. The Morgan fingerprint density at radius 3 is 2.68 bits per heavy atom. The Balaban J connectivity index is 2.18. The molecular formula is C15H24N2OS. The van der Waals surface area contributed by atoms with Crippen LogP contribution in [-0.4, -0.2) is 30.9 Å². The molecule has 1 aliphatic rings. The first-order valence-electron chi connectivity index (χ1n) is 7.00. The molecule has 1 amide bonds. The fourth-order valence-corrected chi connectivity index (χ4v) is 3.71. The zero-order valence-electron chi connectivity index (χ0n) is 12.3. The Kier molecular flexibility index (Phi) is 4.31. The number of amides is 1. The lowest BCUT2D eigenvalue weighted by Gasteiger charge is -2.37. The molecule has 106 valence electrons. The second-order valence-electron chi connectivity index (χ2n) is 5.85. The Hall–Kier alpha value is -0.870. The molecular weight excluding hydrogens is 256 g/mol. The van der Waals surface area contributed by atoms with Crippen LogP contribution >= 0.6 is 11.3 Å². The van der Waals surface area contributed by atoms with Crippen molar-refractivity contribution in [3.63, 3.8) is 0 Å². The van der Waals surface area contributed by atoms with Crippen molar-refractivity contribution in [2.45, 2.75) is 33.2 Å². The molecule has 2 heterocycles. The topological polar surface area (TPSA) is 32.3 Å². The molecule has 0 aliphatic carbocycles. The smallest absolute Gasteiger partial charge is 0.230 e. The Morgan fingerprint density at radius 2 is 2.21 bits per heavy atom. The van der Waals surface area contributed by atoms with Gasteiger partial charge in [-0.05, 0) is 37.3 Å². The van der Waals surface area contributed by atoms with Gasteiger partial charge in [-0.25, -0.2) is 0 Å².